The molecule has 3 N–H and O–H groups in total. The molecule has 0 aliphatic rings. The zero-order valence-corrected chi connectivity index (χ0v) is 10.9. The van der Waals surface area contributed by atoms with Crippen molar-refractivity contribution in [1.82, 2.24) is 5.32 Å². The van der Waals surface area contributed by atoms with Gasteiger partial charge < -0.3 is 11.1 Å². The molecule has 0 aromatic rings. The van der Waals surface area contributed by atoms with Crippen LogP contribution in [0.1, 0.15) is 33.6 Å². The van der Waals surface area contributed by atoms with Crippen LogP contribution in [0.5, 0.6) is 0 Å². The Bertz CT molecular complexity index is 174. The minimum Gasteiger partial charge on any atom is -0.351 e. The number of amides is 1. The van der Waals surface area contributed by atoms with E-state index in [0.717, 1.165) is 18.6 Å². The van der Waals surface area contributed by atoms with E-state index >= 15 is 0 Å². The fourth-order valence-electron chi connectivity index (χ4n) is 1.36. The van der Waals surface area contributed by atoms with Crippen LogP contribution in [0.15, 0.2) is 0 Å². The van der Waals surface area contributed by atoms with Gasteiger partial charge in [0, 0.05) is 12.6 Å². The Morgan fingerprint density at radius 2 is 2.13 bits per heavy atom. The predicted octanol–water partition coefficient (Wildman–Crippen LogP) is 1.62. The third kappa shape index (κ3) is 8.75. The van der Waals surface area contributed by atoms with Crippen LogP contribution in [-0.2, 0) is 4.79 Å². The van der Waals surface area contributed by atoms with Gasteiger partial charge in [-0.05, 0) is 24.5 Å². The predicted molar refractivity (Wildman–Crippen MR) is 68.1 cm³/mol. The zero-order valence-electron chi connectivity index (χ0n) is 10.1. The normalized spacial score (nSPS) is 12.9. The second-order valence-electron chi connectivity index (χ2n) is 4.18. The smallest absolute Gasteiger partial charge is 0.230 e. The maximum atomic E-state index is 11.5. The highest BCUT2D eigenvalue weighted by Gasteiger charge is 2.11. The van der Waals surface area contributed by atoms with Crippen molar-refractivity contribution in [2.45, 2.75) is 39.7 Å². The van der Waals surface area contributed by atoms with Gasteiger partial charge >= 0.3 is 0 Å². The third-order valence-corrected chi connectivity index (χ3v) is 3.15. The molecule has 1 atom stereocenters. The summed E-state index contributed by atoms with van der Waals surface area (Å²) in [5.41, 5.74) is 5.60. The molecule has 0 aromatic heterocycles. The summed E-state index contributed by atoms with van der Waals surface area (Å²) in [7, 11) is 0. The van der Waals surface area contributed by atoms with E-state index in [0.29, 0.717) is 18.2 Å². The molecule has 0 heterocycles. The summed E-state index contributed by atoms with van der Waals surface area (Å²) in [5.74, 6) is 2.29. The highest BCUT2D eigenvalue weighted by Crippen LogP contribution is 2.05. The van der Waals surface area contributed by atoms with Crippen molar-refractivity contribution in [3.8, 4) is 0 Å². The summed E-state index contributed by atoms with van der Waals surface area (Å²) >= 11 is 1.68. The SMILES string of the molecule is CCCSCC(=O)NC(CN)CC(C)C. The van der Waals surface area contributed by atoms with Crippen LogP contribution in [0.25, 0.3) is 0 Å². The molecule has 4 heteroatoms. The molecular weight excluding hydrogens is 208 g/mol. The molecule has 0 rings (SSSR count). The van der Waals surface area contributed by atoms with Crippen molar-refractivity contribution in [2.24, 2.45) is 11.7 Å². The lowest BCUT2D eigenvalue weighted by atomic mass is 10.0. The molecule has 90 valence electrons. The second kappa shape index (κ2) is 9.04. The Labute approximate surface area is 97.6 Å². The standard InChI is InChI=1S/C11H24N2OS/c1-4-5-15-8-11(14)13-10(7-12)6-9(2)3/h9-10H,4-8,12H2,1-3H3,(H,13,14). The number of carbonyl (C=O) groups excluding carboxylic acids is 1. The number of rotatable bonds is 8. The molecule has 0 radical (unpaired) electrons. The summed E-state index contributed by atoms with van der Waals surface area (Å²) in [5, 5.41) is 2.97. The average Bonchev–Trinajstić information content (AvgIpc) is 2.16. The van der Waals surface area contributed by atoms with Crippen molar-refractivity contribution in [3.63, 3.8) is 0 Å². The van der Waals surface area contributed by atoms with Gasteiger partial charge in [0.05, 0.1) is 5.75 Å². The van der Waals surface area contributed by atoms with E-state index in [1.807, 2.05) is 0 Å². The number of nitrogens with two attached hydrogens (primary N) is 1. The minimum absolute atomic E-state index is 0.115. The topological polar surface area (TPSA) is 55.1 Å². The molecule has 1 amide bonds. The molecule has 0 aliphatic carbocycles. The summed E-state index contributed by atoms with van der Waals surface area (Å²) in [6.45, 7) is 6.93. The number of carbonyl (C=O) groups is 1. The van der Waals surface area contributed by atoms with Gasteiger partial charge in [0.15, 0.2) is 0 Å². The maximum absolute atomic E-state index is 11.5. The Morgan fingerprint density at radius 3 is 2.60 bits per heavy atom. The molecule has 0 saturated carbocycles. The fourth-order valence-corrected chi connectivity index (χ4v) is 2.06. The monoisotopic (exact) mass is 232 g/mol. The summed E-state index contributed by atoms with van der Waals surface area (Å²) < 4.78 is 0. The van der Waals surface area contributed by atoms with Crippen LogP contribution in [0.2, 0.25) is 0 Å². The lowest BCUT2D eigenvalue weighted by Crippen LogP contribution is -2.41. The van der Waals surface area contributed by atoms with Crippen LogP contribution in [0, 0.1) is 5.92 Å². The number of hydrogen-bond acceptors (Lipinski definition) is 3. The first-order valence-electron chi connectivity index (χ1n) is 5.67. The van der Waals surface area contributed by atoms with Crippen molar-refractivity contribution in [3.05, 3.63) is 0 Å². The molecule has 0 saturated heterocycles. The second-order valence-corrected chi connectivity index (χ2v) is 5.29. The van der Waals surface area contributed by atoms with Gasteiger partial charge in [-0.1, -0.05) is 20.8 Å². The van der Waals surface area contributed by atoms with Gasteiger partial charge in [-0.3, -0.25) is 4.79 Å². The molecule has 0 bridgehead atoms. The Kier molecular flexibility index (Phi) is 8.91. The summed E-state index contributed by atoms with van der Waals surface area (Å²) in [4.78, 5) is 11.5. The first-order chi connectivity index (χ1) is 7.10. The van der Waals surface area contributed by atoms with Crippen LogP contribution in [-0.4, -0.2) is 30.0 Å². The van der Waals surface area contributed by atoms with E-state index < -0.39 is 0 Å². The summed E-state index contributed by atoms with van der Waals surface area (Å²) in [6, 6.07) is 0.139. The lowest BCUT2D eigenvalue weighted by Gasteiger charge is -2.18. The molecule has 0 aliphatic heterocycles. The zero-order chi connectivity index (χ0) is 11.7. The lowest BCUT2D eigenvalue weighted by molar-refractivity contribution is -0.119. The molecule has 0 spiro atoms. The first-order valence-corrected chi connectivity index (χ1v) is 6.82. The highest BCUT2D eigenvalue weighted by molar-refractivity contribution is 7.99. The largest absolute Gasteiger partial charge is 0.351 e. The number of hydrogen-bond donors (Lipinski definition) is 2. The molecule has 15 heavy (non-hydrogen) atoms. The van der Waals surface area contributed by atoms with Gasteiger partial charge in [-0.25, -0.2) is 0 Å². The van der Waals surface area contributed by atoms with E-state index in [1.54, 1.807) is 11.8 Å². The van der Waals surface area contributed by atoms with Crippen LogP contribution in [0.3, 0.4) is 0 Å². The number of nitrogens with one attached hydrogen (secondary N) is 1. The van der Waals surface area contributed by atoms with Crippen LogP contribution in [0.4, 0.5) is 0 Å². The average molecular weight is 232 g/mol. The van der Waals surface area contributed by atoms with Gasteiger partial charge in [0.25, 0.3) is 0 Å². The molecular formula is C11H24N2OS. The van der Waals surface area contributed by atoms with E-state index in [1.165, 1.54) is 0 Å². The quantitative estimate of drug-likeness (QED) is 0.625. The van der Waals surface area contributed by atoms with E-state index in [-0.39, 0.29) is 11.9 Å². The molecule has 3 nitrogen and oxygen atoms in total. The maximum Gasteiger partial charge on any atom is 0.230 e. The highest BCUT2D eigenvalue weighted by atomic mass is 32.2. The third-order valence-electron chi connectivity index (χ3n) is 1.99. The van der Waals surface area contributed by atoms with E-state index in [9.17, 15) is 4.79 Å². The van der Waals surface area contributed by atoms with Crippen molar-refractivity contribution < 1.29 is 4.79 Å². The fraction of sp³-hybridized carbons (Fsp3) is 0.909. The van der Waals surface area contributed by atoms with Crippen LogP contribution >= 0.6 is 11.8 Å². The molecule has 1 unspecified atom stereocenters. The Balaban J connectivity index is 3.70. The molecule has 0 fully saturated rings. The summed E-state index contributed by atoms with van der Waals surface area (Å²) in [6.07, 6.45) is 2.07. The van der Waals surface area contributed by atoms with Gasteiger partial charge in [0.1, 0.15) is 0 Å². The van der Waals surface area contributed by atoms with E-state index in [2.05, 4.69) is 26.1 Å². The van der Waals surface area contributed by atoms with Gasteiger partial charge in [-0.2, -0.15) is 11.8 Å². The van der Waals surface area contributed by atoms with Crippen LogP contribution < -0.4 is 11.1 Å². The van der Waals surface area contributed by atoms with E-state index in [4.69, 9.17) is 5.73 Å². The minimum atomic E-state index is 0.115. The molecule has 0 aromatic carbocycles. The van der Waals surface area contributed by atoms with Crippen molar-refractivity contribution in [2.75, 3.05) is 18.1 Å². The Hall–Kier alpha value is -0.220. The van der Waals surface area contributed by atoms with Crippen molar-refractivity contribution >= 4 is 17.7 Å². The number of thioether (sulfide) groups is 1. The first kappa shape index (κ1) is 14.8. The Morgan fingerprint density at radius 1 is 1.47 bits per heavy atom. The van der Waals surface area contributed by atoms with Crippen molar-refractivity contribution in [1.29, 1.82) is 0 Å². The van der Waals surface area contributed by atoms with Gasteiger partial charge in [-0.15, -0.1) is 0 Å². The van der Waals surface area contributed by atoms with Gasteiger partial charge in [0.2, 0.25) is 5.91 Å².